The summed E-state index contributed by atoms with van der Waals surface area (Å²) in [4.78, 5) is 19.9. The van der Waals surface area contributed by atoms with Crippen molar-refractivity contribution in [3.05, 3.63) is 87.0 Å². The van der Waals surface area contributed by atoms with Gasteiger partial charge in [-0.3, -0.25) is 4.79 Å². The van der Waals surface area contributed by atoms with Crippen molar-refractivity contribution in [2.45, 2.75) is 20.1 Å². The molecule has 0 saturated carbocycles. The number of hydrogen-bond donors (Lipinski definition) is 0. The molecule has 29 heavy (non-hydrogen) atoms. The number of halogens is 1. The van der Waals surface area contributed by atoms with Crippen molar-refractivity contribution in [2.24, 2.45) is 0 Å². The average Bonchev–Trinajstić information content (AvgIpc) is 3.31. The van der Waals surface area contributed by atoms with E-state index >= 15 is 0 Å². The van der Waals surface area contributed by atoms with Gasteiger partial charge in [0, 0.05) is 29.9 Å². The number of carbonyl (C=O) groups excluding carboxylic acids is 1. The molecule has 4 aromatic rings. The lowest BCUT2D eigenvalue weighted by molar-refractivity contribution is 0.0786. The molecule has 3 aromatic heterocycles. The smallest absolute Gasteiger partial charge is 0.253 e. The zero-order valence-electron chi connectivity index (χ0n) is 16.1. The van der Waals surface area contributed by atoms with Crippen LogP contribution in [0.3, 0.4) is 0 Å². The van der Waals surface area contributed by atoms with E-state index in [-0.39, 0.29) is 5.91 Å². The zero-order valence-corrected chi connectivity index (χ0v) is 17.7. The lowest BCUT2D eigenvalue weighted by Gasteiger charge is -2.16. The van der Waals surface area contributed by atoms with Crippen molar-refractivity contribution >= 4 is 34.5 Å². The van der Waals surface area contributed by atoms with Crippen molar-refractivity contribution in [3.8, 4) is 5.75 Å². The Morgan fingerprint density at radius 3 is 2.66 bits per heavy atom. The Morgan fingerprint density at radius 2 is 1.93 bits per heavy atom. The topological polar surface area (TPSA) is 46.8 Å². The molecule has 0 bridgehead atoms. The summed E-state index contributed by atoms with van der Waals surface area (Å²) >= 11 is 7.44. The summed E-state index contributed by atoms with van der Waals surface area (Å²) in [5, 5.41) is 0. The molecule has 0 spiro atoms. The Labute approximate surface area is 178 Å². The van der Waals surface area contributed by atoms with E-state index < -0.39 is 0 Å². The minimum absolute atomic E-state index is 0.0446. The highest BCUT2D eigenvalue weighted by Crippen LogP contribution is 2.23. The third kappa shape index (κ3) is 4.60. The third-order valence-electron chi connectivity index (χ3n) is 4.51. The van der Waals surface area contributed by atoms with Crippen molar-refractivity contribution in [3.63, 3.8) is 0 Å². The molecular formula is C22H20ClN3O2S. The van der Waals surface area contributed by atoms with Crippen LogP contribution in [0.15, 0.2) is 60.9 Å². The van der Waals surface area contributed by atoms with E-state index in [9.17, 15) is 4.79 Å². The molecule has 0 aliphatic carbocycles. The fourth-order valence-electron chi connectivity index (χ4n) is 3.04. The van der Waals surface area contributed by atoms with Crippen LogP contribution in [-0.2, 0) is 13.2 Å². The monoisotopic (exact) mass is 425 g/mol. The SMILES string of the molecule is Cc1ccc2nc(COc3ccc(C(=O)N(C)Cc4ccc(Cl)s4)cc3)cn2c1. The van der Waals surface area contributed by atoms with Crippen molar-refractivity contribution in [1.82, 2.24) is 14.3 Å². The van der Waals surface area contributed by atoms with Crippen LogP contribution in [0, 0.1) is 6.92 Å². The number of ether oxygens (including phenoxy) is 1. The van der Waals surface area contributed by atoms with Crippen molar-refractivity contribution < 1.29 is 9.53 Å². The largest absolute Gasteiger partial charge is 0.487 e. The van der Waals surface area contributed by atoms with Crippen LogP contribution in [0.1, 0.15) is 26.5 Å². The number of amides is 1. The number of rotatable bonds is 6. The maximum absolute atomic E-state index is 12.6. The minimum atomic E-state index is -0.0446. The molecule has 5 nitrogen and oxygen atoms in total. The Balaban J connectivity index is 1.37. The molecule has 148 valence electrons. The van der Waals surface area contributed by atoms with Gasteiger partial charge >= 0.3 is 0 Å². The first kappa shape index (κ1) is 19.5. The Hall–Kier alpha value is -2.83. The molecule has 3 heterocycles. The molecule has 0 aliphatic rings. The summed E-state index contributed by atoms with van der Waals surface area (Å²) in [6.45, 7) is 2.94. The highest BCUT2D eigenvalue weighted by atomic mass is 35.5. The summed E-state index contributed by atoms with van der Waals surface area (Å²) in [5.41, 5.74) is 3.54. The molecule has 0 saturated heterocycles. The van der Waals surface area contributed by atoms with Gasteiger partial charge in [-0.05, 0) is 55.0 Å². The second-order valence-electron chi connectivity index (χ2n) is 6.88. The van der Waals surface area contributed by atoms with E-state index in [1.807, 2.05) is 60.1 Å². The van der Waals surface area contributed by atoms with E-state index in [0.717, 1.165) is 20.6 Å². The van der Waals surface area contributed by atoms with E-state index in [1.165, 1.54) is 16.9 Å². The number of thiophene rings is 1. The number of imidazole rings is 1. The number of carbonyl (C=O) groups is 1. The molecule has 1 aromatic carbocycles. The van der Waals surface area contributed by atoms with Crippen LogP contribution in [0.5, 0.6) is 5.75 Å². The average molecular weight is 426 g/mol. The normalized spacial score (nSPS) is 11.0. The molecule has 1 amide bonds. The second kappa shape index (κ2) is 8.27. The van der Waals surface area contributed by atoms with Crippen LogP contribution < -0.4 is 4.74 Å². The Kier molecular flexibility index (Phi) is 5.56. The molecule has 0 fully saturated rings. The van der Waals surface area contributed by atoms with Gasteiger partial charge in [0.2, 0.25) is 0 Å². The van der Waals surface area contributed by atoms with Crippen molar-refractivity contribution in [2.75, 3.05) is 7.05 Å². The molecule has 0 unspecified atom stereocenters. The summed E-state index contributed by atoms with van der Waals surface area (Å²) < 4.78 is 8.55. The van der Waals surface area contributed by atoms with Crippen LogP contribution in [-0.4, -0.2) is 27.2 Å². The summed E-state index contributed by atoms with van der Waals surface area (Å²) in [6, 6.07) is 15.0. The first-order valence-electron chi connectivity index (χ1n) is 9.15. The number of fused-ring (bicyclic) bond motifs is 1. The predicted molar refractivity (Wildman–Crippen MR) is 116 cm³/mol. The number of aromatic nitrogens is 2. The highest BCUT2D eigenvalue weighted by Gasteiger charge is 2.13. The maximum Gasteiger partial charge on any atom is 0.253 e. The highest BCUT2D eigenvalue weighted by molar-refractivity contribution is 7.16. The molecule has 0 atom stereocenters. The zero-order chi connectivity index (χ0) is 20.4. The van der Waals surface area contributed by atoms with Crippen LogP contribution in [0.25, 0.3) is 5.65 Å². The van der Waals surface area contributed by atoms with Crippen LogP contribution >= 0.6 is 22.9 Å². The number of pyridine rings is 1. The fourth-order valence-corrected chi connectivity index (χ4v) is 4.18. The predicted octanol–water partition coefficient (Wildman–Crippen LogP) is 5.21. The van der Waals surface area contributed by atoms with Gasteiger partial charge in [-0.25, -0.2) is 4.98 Å². The van der Waals surface area contributed by atoms with Gasteiger partial charge in [0.15, 0.2) is 0 Å². The van der Waals surface area contributed by atoms with Crippen molar-refractivity contribution in [1.29, 1.82) is 0 Å². The first-order chi connectivity index (χ1) is 14.0. The second-order valence-corrected chi connectivity index (χ2v) is 8.68. The summed E-state index contributed by atoms with van der Waals surface area (Å²) in [5.74, 6) is 0.652. The lowest BCUT2D eigenvalue weighted by atomic mass is 10.2. The molecule has 0 radical (unpaired) electrons. The van der Waals surface area contributed by atoms with Gasteiger partial charge in [-0.2, -0.15) is 0 Å². The number of aryl methyl sites for hydroxylation is 1. The van der Waals surface area contributed by atoms with E-state index in [4.69, 9.17) is 16.3 Å². The van der Waals surface area contributed by atoms with Gasteiger partial charge < -0.3 is 14.0 Å². The molecular weight excluding hydrogens is 406 g/mol. The minimum Gasteiger partial charge on any atom is -0.487 e. The van der Waals surface area contributed by atoms with E-state index in [1.54, 1.807) is 24.1 Å². The van der Waals surface area contributed by atoms with Crippen LogP contribution in [0.4, 0.5) is 0 Å². The number of benzene rings is 1. The van der Waals surface area contributed by atoms with E-state index in [0.29, 0.717) is 24.5 Å². The summed E-state index contributed by atoms with van der Waals surface area (Å²) in [7, 11) is 1.78. The third-order valence-corrected chi connectivity index (χ3v) is 5.72. The molecule has 4 rings (SSSR count). The van der Waals surface area contributed by atoms with Gasteiger partial charge in [-0.15, -0.1) is 11.3 Å². The summed E-state index contributed by atoms with van der Waals surface area (Å²) in [6.07, 6.45) is 4.00. The molecule has 0 aliphatic heterocycles. The lowest BCUT2D eigenvalue weighted by Crippen LogP contribution is -2.25. The van der Waals surface area contributed by atoms with Crippen LogP contribution in [0.2, 0.25) is 4.34 Å². The number of hydrogen-bond acceptors (Lipinski definition) is 4. The fraction of sp³-hybridized carbons (Fsp3) is 0.182. The van der Waals surface area contributed by atoms with Gasteiger partial charge in [0.1, 0.15) is 18.0 Å². The molecule has 0 N–H and O–H groups in total. The number of nitrogens with zero attached hydrogens (tertiary/aromatic N) is 3. The van der Waals surface area contributed by atoms with Gasteiger partial charge in [-0.1, -0.05) is 17.7 Å². The van der Waals surface area contributed by atoms with E-state index in [2.05, 4.69) is 4.98 Å². The first-order valence-corrected chi connectivity index (χ1v) is 10.3. The maximum atomic E-state index is 12.6. The van der Waals surface area contributed by atoms with Gasteiger partial charge in [0.25, 0.3) is 5.91 Å². The Bertz CT molecular complexity index is 1150. The molecule has 7 heteroatoms. The Morgan fingerprint density at radius 1 is 1.14 bits per heavy atom. The van der Waals surface area contributed by atoms with Gasteiger partial charge in [0.05, 0.1) is 16.6 Å². The standard InChI is InChI=1S/C22H20ClN3O2S/c1-15-3-10-21-24-17(12-26(21)11-15)14-28-18-6-4-16(5-7-18)22(27)25(2)13-19-8-9-20(23)29-19/h3-12H,13-14H2,1-2H3. The quantitative estimate of drug-likeness (QED) is 0.426.